The Bertz CT molecular complexity index is 963. The third-order valence-electron chi connectivity index (χ3n) is 3.61. The summed E-state index contributed by atoms with van der Waals surface area (Å²) in [6, 6.07) is 10.9. The SMILES string of the molecule is COc1cc(OC)cc(C(=O)NC(=S)Nc2nc3ccc(C)cc3s2)c1. The zero-order valence-electron chi connectivity index (χ0n) is 14.5. The molecule has 3 aromatic rings. The lowest BCUT2D eigenvalue weighted by Gasteiger charge is -2.10. The molecule has 0 aliphatic rings. The molecule has 0 atom stereocenters. The van der Waals surface area contributed by atoms with Crippen molar-refractivity contribution in [3.8, 4) is 11.5 Å². The molecule has 0 spiro atoms. The van der Waals surface area contributed by atoms with Crippen molar-refractivity contribution >= 4 is 49.9 Å². The maximum atomic E-state index is 12.4. The molecule has 0 fully saturated rings. The lowest BCUT2D eigenvalue weighted by molar-refractivity contribution is 0.0977. The lowest BCUT2D eigenvalue weighted by atomic mass is 10.2. The van der Waals surface area contributed by atoms with Gasteiger partial charge < -0.3 is 14.8 Å². The average molecular weight is 387 g/mol. The van der Waals surface area contributed by atoms with Crippen LogP contribution in [0.4, 0.5) is 5.13 Å². The minimum Gasteiger partial charge on any atom is -0.497 e. The van der Waals surface area contributed by atoms with Gasteiger partial charge >= 0.3 is 0 Å². The second-order valence-electron chi connectivity index (χ2n) is 5.50. The number of methoxy groups -OCH3 is 2. The molecule has 26 heavy (non-hydrogen) atoms. The number of benzene rings is 2. The second kappa shape index (κ2) is 7.67. The van der Waals surface area contributed by atoms with E-state index in [9.17, 15) is 4.79 Å². The molecular formula is C18H17N3O3S2. The highest BCUT2D eigenvalue weighted by atomic mass is 32.1. The number of hydrogen-bond acceptors (Lipinski definition) is 6. The zero-order valence-corrected chi connectivity index (χ0v) is 16.1. The topological polar surface area (TPSA) is 72.5 Å². The fourth-order valence-electron chi connectivity index (χ4n) is 2.33. The van der Waals surface area contributed by atoms with E-state index in [1.807, 2.05) is 19.1 Å². The summed E-state index contributed by atoms with van der Waals surface area (Å²) in [7, 11) is 3.05. The Morgan fingerprint density at radius 1 is 1.12 bits per heavy atom. The Labute approximate surface area is 160 Å². The molecule has 3 rings (SSSR count). The molecule has 6 nitrogen and oxygen atoms in total. The van der Waals surface area contributed by atoms with Crippen molar-refractivity contribution < 1.29 is 14.3 Å². The predicted molar refractivity (Wildman–Crippen MR) is 108 cm³/mol. The van der Waals surface area contributed by atoms with Crippen molar-refractivity contribution in [1.82, 2.24) is 10.3 Å². The summed E-state index contributed by atoms with van der Waals surface area (Å²) in [6.45, 7) is 2.03. The number of fused-ring (bicyclic) bond motifs is 1. The summed E-state index contributed by atoms with van der Waals surface area (Å²) in [5.74, 6) is 0.682. The number of thiazole rings is 1. The van der Waals surface area contributed by atoms with Crippen LogP contribution in [0, 0.1) is 6.92 Å². The molecule has 0 unspecified atom stereocenters. The Hall–Kier alpha value is -2.71. The Morgan fingerprint density at radius 3 is 2.46 bits per heavy atom. The highest BCUT2D eigenvalue weighted by molar-refractivity contribution is 7.80. The van der Waals surface area contributed by atoms with Gasteiger partial charge in [0.25, 0.3) is 5.91 Å². The van der Waals surface area contributed by atoms with Gasteiger partial charge in [0.05, 0.1) is 24.4 Å². The number of nitrogens with zero attached hydrogens (tertiary/aromatic N) is 1. The summed E-state index contributed by atoms with van der Waals surface area (Å²) in [4.78, 5) is 16.9. The van der Waals surface area contributed by atoms with E-state index >= 15 is 0 Å². The first kappa shape index (κ1) is 18.1. The van der Waals surface area contributed by atoms with Gasteiger partial charge in [0.1, 0.15) is 11.5 Å². The molecule has 1 heterocycles. The van der Waals surface area contributed by atoms with Gasteiger partial charge in [-0.1, -0.05) is 17.4 Å². The van der Waals surface area contributed by atoms with Crippen LogP contribution in [-0.4, -0.2) is 30.2 Å². The Morgan fingerprint density at radius 2 is 1.81 bits per heavy atom. The number of aromatic nitrogens is 1. The van der Waals surface area contributed by atoms with Crippen LogP contribution in [0.1, 0.15) is 15.9 Å². The third kappa shape index (κ3) is 4.09. The number of rotatable bonds is 4. The van der Waals surface area contributed by atoms with E-state index in [1.54, 1.807) is 18.2 Å². The van der Waals surface area contributed by atoms with Crippen molar-refractivity contribution in [2.24, 2.45) is 0 Å². The summed E-state index contributed by atoms with van der Waals surface area (Å²) < 4.78 is 11.4. The molecule has 1 aromatic heterocycles. The third-order valence-corrected chi connectivity index (χ3v) is 4.74. The number of aryl methyl sites for hydroxylation is 1. The van der Waals surface area contributed by atoms with Crippen LogP contribution in [0.2, 0.25) is 0 Å². The van der Waals surface area contributed by atoms with Gasteiger partial charge in [0.15, 0.2) is 10.2 Å². The number of ether oxygens (including phenoxy) is 2. The van der Waals surface area contributed by atoms with Crippen LogP contribution < -0.4 is 20.1 Å². The quantitative estimate of drug-likeness (QED) is 0.665. The van der Waals surface area contributed by atoms with E-state index < -0.39 is 0 Å². The number of amides is 1. The number of hydrogen-bond donors (Lipinski definition) is 2. The minimum atomic E-state index is -0.364. The first-order chi connectivity index (χ1) is 12.5. The van der Waals surface area contributed by atoms with Crippen LogP contribution in [0.25, 0.3) is 10.2 Å². The van der Waals surface area contributed by atoms with Gasteiger partial charge in [-0.25, -0.2) is 4.98 Å². The van der Waals surface area contributed by atoms with Crippen molar-refractivity contribution in [3.05, 3.63) is 47.5 Å². The molecule has 0 saturated heterocycles. The van der Waals surface area contributed by atoms with E-state index in [4.69, 9.17) is 21.7 Å². The van der Waals surface area contributed by atoms with E-state index in [-0.39, 0.29) is 11.0 Å². The van der Waals surface area contributed by atoms with Gasteiger partial charge in [0, 0.05) is 11.6 Å². The maximum absolute atomic E-state index is 12.4. The first-order valence-corrected chi connectivity index (χ1v) is 8.93. The number of nitrogens with one attached hydrogen (secondary N) is 2. The highest BCUT2D eigenvalue weighted by Gasteiger charge is 2.13. The molecule has 0 aliphatic heterocycles. The summed E-state index contributed by atoms with van der Waals surface area (Å²) in [5.41, 5.74) is 2.43. The lowest BCUT2D eigenvalue weighted by Crippen LogP contribution is -2.34. The standard InChI is InChI=1S/C18H17N3O3S2/c1-10-4-5-14-15(6-10)26-18(19-14)21-17(25)20-16(22)11-7-12(23-2)9-13(8-11)24-3/h4-9H,1-3H3,(H2,19,20,21,22,25). The van der Waals surface area contributed by atoms with Gasteiger partial charge in [0.2, 0.25) is 0 Å². The number of carbonyl (C=O) groups is 1. The fourth-order valence-corrected chi connectivity index (χ4v) is 3.55. The first-order valence-electron chi connectivity index (χ1n) is 7.71. The predicted octanol–water partition coefficient (Wildman–Crippen LogP) is 3.75. The number of anilines is 1. The number of thiocarbonyl (C=S) groups is 1. The summed E-state index contributed by atoms with van der Waals surface area (Å²) in [5, 5.41) is 6.39. The fraction of sp³-hybridized carbons (Fsp3) is 0.167. The van der Waals surface area contributed by atoms with Gasteiger partial charge in [-0.2, -0.15) is 0 Å². The van der Waals surface area contributed by atoms with Crippen LogP contribution in [-0.2, 0) is 0 Å². The van der Waals surface area contributed by atoms with Crippen molar-refractivity contribution in [2.75, 3.05) is 19.5 Å². The van der Waals surface area contributed by atoms with Crippen LogP contribution >= 0.6 is 23.6 Å². The molecule has 0 aliphatic carbocycles. The zero-order chi connectivity index (χ0) is 18.7. The largest absolute Gasteiger partial charge is 0.497 e. The second-order valence-corrected chi connectivity index (χ2v) is 6.94. The monoisotopic (exact) mass is 387 g/mol. The molecule has 0 saturated carbocycles. The minimum absolute atomic E-state index is 0.174. The van der Waals surface area contributed by atoms with E-state index in [0.717, 1.165) is 15.8 Å². The van der Waals surface area contributed by atoms with Gasteiger partial charge in [-0.3, -0.25) is 10.1 Å². The Kier molecular flexibility index (Phi) is 5.34. The average Bonchev–Trinajstić information content (AvgIpc) is 3.02. The van der Waals surface area contributed by atoms with Crippen LogP contribution in [0.15, 0.2) is 36.4 Å². The van der Waals surface area contributed by atoms with Crippen molar-refractivity contribution in [2.45, 2.75) is 6.92 Å². The smallest absolute Gasteiger partial charge is 0.257 e. The van der Waals surface area contributed by atoms with Crippen LogP contribution in [0.5, 0.6) is 11.5 Å². The maximum Gasteiger partial charge on any atom is 0.257 e. The normalized spacial score (nSPS) is 10.4. The molecule has 2 aromatic carbocycles. The summed E-state index contributed by atoms with van der Waals surface area (Å²) in [6.07, 6.45) is 0. The number of carbonyl (C=O) groups excluding carboxylic acids is 1. The van der Waals surface area contributed by atoms with Gasteiger partial charge in [-0.15, -0.1) is 0 Å². The van der Waals surface area contributed by atoms with E-state index in [2.05, 4.69) is 21.7 Å². The van der Waals surface area contributed by atoms with Gasteiger partial charge in [-0.05, 0) is 49.0 Å². The highest BCUT2D eigenvalue weighted by Crippen LogP contribution is 2.26. The molecule has 0 bridgehead atoms. The molecule has 0 radical (unpaired) electrons. The van der Waals surface area contributed by atoms with E-state index in [1.165, 1.54) is 25.6 Å². The molecule has 134 valence electrons. The van der Waals surface area contributed by atoms with E-state index in [0.29, 0.717) is 22.2 Å². The Balaban J connectivity index is 1.71. The summed E-state index contributed by atoms with van der Waals surface area (Å²) >= 11 is 6.70. The molecule has 2 N–H and O–H groups in total. The van der Waals surface area contributed by atoms with Crippen molar-refractivity contribution in [3.63, 3.8) is 0 Å². The molecule has 8 heteroatoms. The van der Waals surface area contributed by atoms with Crippen LogP contribution in [0.3, 0.4) is 0 Å². The molecular weight excluding hydrogens is 370 g/mol. The molecule has 1 amide bonds. The van der Waals surface area contributed by atoms with Crippen molar-refractivity contribution in [1.29, 1.82) is 0 Å².